The van der Waals surface area contributed by atoms with Crippen LogP contribution in [0.1, 0.15) is 44.5 Å². The lowest BCUT2D eigenvalue weighted by atomic mass is 9.97. The summed E-state index contributed by atoms with van der Waals surface area (Å²) in [6.45, 7) is 1.87. The first-order valence-corrected chi connectivity index (χ1v) is 8.23. The molecule has 0 aliphatic heterocycles. The van der Waals surface area contributed by atoms with Gasteiger partial charge in [-0.1, -0.05) is 25.0 Å². The highest BCUT2D eigenvalue weighted by atomic mass is 16.2. The second kappa shape index (κ2) is 6.14. The maximum Gasteiger partial charge on any atom is 0.316 e. The van der Waals surface area contributed by atoms with Crippen molar-refractivity contribution in [3.8, 4) is 0 Å². The van der Waals surface area contributed by atoms with Gasteiger partial charge in [-0.2, -0.15) is 0 Å². The lowest BCUT2D eigenvalue weighted by molar-refractivity contribution is -0.123. The number of amides is 3. The van der Waals surface area contributed by atoms with Crippen molar-refractivity contribution in [1.82, 2.24) is 20.2 Å². The van der Waals surface area contributed by atoms with Crippen molar-refractivity contribution in [3.63, 3.8) is 0 Å². The van der Waals surface area contributed by atoms with Gasteiger partial charge in [0.2, 0.25) is 5.91 Å². The van der Waals surface area contributed by atoms with E-state index in [0.29, 0.717) is 12.8 Å². The fourth-order valence-corrected chi connectivity index (χ4v) is 3.48. The Labute approximate surface area is 140 Å². The summed E-state index contributed by atoms with van der Waals surface area (Å²) < 4.78 is 1.96. The van der Waals surface area contributed by atoms with Crippen molar-refractivity contribution >= 4 is 23.0 Å². The summed E-state index contributed by atoms with van der Waals surface area (Å²) in [5, 5.41) is 5.65. The van der Waals surface area contributed by atoms with Gasteiger partial charge in [-0.3, -0.25) is 4.79 Å². The number of fused-ring (bicyclic) bond motifs is 1. The standard InChI is InChI=1S/C17H23N5O2/c1-11(14-20-12-7-3-4-8-13(12)22(14)2)19-16(24)21-17(15(18)23)9-5-6-10-17/h3-4,7-8,11H,5-6,9-10H2,1-2H3,(H2,18,23)(H2,19,21,24). The molecule has 1 saturated carbocycles. The van der Waals surface area contributed by atoms with Gasteiger partial charge in [-0.15, -0.1) is 0 Å². The van der Waals surface area contributed by atoms with E-state index in [2.05, 4.69) is 15.6 Å². The molecule has 7 nitrogen and oxygen atoms in total. The average Bonchev–Trinajstić information content (AvgIpc) is 3.13. The highest BCUT2D eigenvalue weighted by Crippen LogP contribution is 2.29. The lowest BCUT2D eigenvalue weighted by Gasteiger charge is -2.27. The molecule has 1 aromatic heterocycles. The molecule has 7 heteroatoms. The zero-order valence-electron chi connectivity index (χ0n) is 14.0. The second-order valence-corrected chi connectivity index (χ2v) is 6.49. The topological polar surface area (TPSA) is 102 Å². The summed E-state index contributed by atoms with van der Waals surface area (Å²) in [7, 11) is 1.92. The minimum Gasteiger partial charge on any atom is -0.368 e. The second-order valence-electron chi connectivity index (χ2n) is 6.49. The van der Waals surface area contributed by atoms with Crippen molar-refractivity contribution in [2.24, 2.45) is 12.8 Å². The summed E-state index contributed by atoms with van der Waals surface area (Å²) in [6, 6.07) is 7.12. The molecule has 1 aliphatic rings. The summed E-state index contributed by atoms with van der Waals surface area (Å²) in [5.41, 5.74) is 6.47. The van der Waals surface area contributed by atoms with E-state index in [1.54, 1.807) is 0 Å². The van der Waals surface area contributed by atoms with Crippen molar-refractivity contribution in [3.05, 3.63) is 30.1 Å². The number of primary amides is 1. The first kappa shape index (κ1) is 16.3. The van der Waals surface area contributed by atoms with Gasteiger partial charge in [0.25, 0.3) is 0 Å². The Hall–Kier alpha value is -2.57. The predicted molar refractivity (Wildman–Crippen MR) is 91.2 cm³/mol. The van der Waals surface area contributed by atoms with Crippen LogP contribution < -0.4 is 16.4 Å². The van der Waals surface area contributed by atoms with E-state index in [-0.39, 0.29) is 6.04 Å². The van der Waals surface area contributed by atoms with E-state index in [1.165, 1.54) is 0 Å². The Balaban J connectivity index is 1.74. The molecule has 3 rings (SSSR count). The normalized spacial score (nSPS) is 17.6. The molecule has 0 bridgehead atoms. The Bertz CT molecular complexity index is 776. The Morgan fingerprint density at radius 2 is 1.96 bits per heavy atom. The SMILES string of the molecule is CC(NC(=O)NC1(C(N)=O)CCCC1)c1nc2ccccc2n1C. The van der Waals surface area contributed by atoms with Gasteiger partial charge >= 0.3 is 6.03 Å². The molecule has 1 aromatic carbocycles. The number of carbonyl (C=O) groups is 2. The van der Waals surface area contributed by atoms with Gasteiger partial charge in [-0.05, 0) is 31.9 Å². The molecular weight excluding hydrogens is 306 g/mol. The number of para-hydroxylation sites is 2. The summed E-state index contributed by atoms with van der Waals surface area (Å²) in [5.74, 6) is 0.288. The number of urea groups is 1. The number of nitrogens with two attached hydrogens (primary N) is 1. The maximum absolute atomic E-state index is 12.4. The number of benzene rings is 1. The lowest BCUT2D eigenvalue weighted by Crippen LogP contribution is -2.58. The number of rotatable bonds is 4. The number of aromatic nitrogens is 2. The number of nitrogens with zero attached hydrogens (tertiary/aromatic N) is 2. The van der Waals surface area contributed by atoms with Crippen molar-refractivity contribution in [2.75, 3.05) is 0 Å². The summed E-state index contributed by atoms with van der Waals surface area (Å²) in [4.78, 5) is 28.7. The van der Waals surface area contributed by atoms with Crippen LogP contribution in [0.4, 0.5) is 4.79 Å². The van der Waals surface area contributed by atoms with Crippen LogP contribution in [0.15, 0.2) is 24.3 Å². The minimum atomic E-state index is -0.920. The third-order valence-corrected chi connectivity index (χ3v) is 4.84. The average molecular weight is 329 g/mol. The zero-order chi connectivity index (χ0) is 17.3. The molecule has 1 fully saturated rings. The molecule has 0 radical (unpaired) electrons. The fourth-order valence-electron chi connectivity index (χ4n) is 3.48. The molecule has 0 spiro atoms. The van der Waals surface area contributed by atoms with Crippen LogP contribution in [0.3, 0.4) is 0 Å². The van der Waals surface area contributed by atoms with Crippen LogP contribution in [0.5, 0.6) is 0 Å². The molecular formula is C17H23N5O2. The number of imidazole rings is 1. The monoisotopic (exact) mass is 329 g/mol. The molecule has 1 aliphatic carbocycles. The van der Waals surface area contributed by atoms with Crippen LogP contribution in [-0.2, 0) is 11.8 Å². The van der Waals surface area contributed by atoms with Crippen molar-refractivity contribution in [1.29, 1.82) is 0 Å². The van der Waals surface area contributed by atoms with Crippen LogP contribution in [0, 0.1) is 0 Å². The third-order valence-electron chi connectivity index (χ3n) is 4.84. The van der Waals surface area contributed by atoms with Crippen LogP contribution in [0.25, 0.3) is 11.0 Å². The Kier molecular flexibility index (Phi) is 4.17. The van der Waals surface area contributed by atoms with Gasteiger partial charge in [0.1, 0.15) is 11.4 Å². The van der Waals surface area contributed by atoms with E-state index < -0.39 is 17.5 Å². The van der Waals surface area contributed by atoms with Crippen LogP contribution in [0.2, 0.25) is 0 Å². The number of aryl methyl sites for hydroxylation is 1. The first-order valence-electron chi connectivity index (χ1n) is 8.23. The first-order chi connectivity index (χ1) is 11.4. The molecule has 1 atom stereocenters. The molecule has 1 unspecified atom stereocenters. The van der Waals surface area contributed by atoms with Crippen LogP contribution in [-0.4, -0.2) is 27.0 Å². The zero-order valence-corrected chi connectivity index (χ0v) is 14.0. The molecule has 1 heterocycles. The number of hydrogen-bond donors (Lipinski definition) is 3. The molecule has 0 saturated heterocycles. The third kappa shape index (κ3) is 2.81. The largest absolute Gasteiger partial charge is 0.368 e. The smallest absolute Gasteiger partial charge is 0.316 e. The van der Waals surface area contributed by atoms with E-state index in [4.69, 9.17) is 5.73 Å². The van der Waals surface area contributed by atoms with Gasteiger partial charge in [-0.25, -0.2) is 9.78 Å². The Morgan fingerprint density at radius 3 is 2.58 bits per heavy atom. The molecule has 128 valence electrons. The summed E-state index contributed by atoms with van der Waals surface area (Å²) in [6.07, 6.45) is 2.97. The highest BCUT2D eigenvalue weighted by molar-refractivity contribution is 5.90. The number of hydrogen-bond acceptors (Lipinski definition) is 3. The van der Waals surface area contributed by atoms with Gasteiger partial charge < -0.3 is 20.9 Å². The van der Waals surface area contributed by atoms with Crippen LogP contribution >= 0.6 is 0 Å². The van der Waals surface area contributed by atoms with E-state index in [9.17, 15) is 9.59 Å². The van der Waals surface area contributed by atoms with Gasteiger partial charge in [0.05, 0.1) is 17.1 Å². The molecule has 2 aromatic rings. The van der Waals surface area contributed by atoms with E-state index in [0.717, 1.165) is 29.7 Å². The fraction of sp³-hybridized carbons (Fsp3) is 0.471. The maximum atomic E-state index is 12.4. The quantitative estimate of drug-likeness (QED) is 0.796. The molecule has 4 N–H and O–H groups in total. The Morgan fingerprint density at radius 1 is 1.29 bits per heavy atom. The predicted octanol–water partition coefficient (Wildman–Crippen LogP) is 1.73. The summed E-state index contributed by atoms with van der Waals surface area (Å²) >= 11 is 0. The van der Waals surface area contributed by atoms with E-state index >= 15 is 0 Å². The van der Waals surface area contributed by atoms with Crippen molar-refractivity contribution < 1.29 is 9.59 Å². The minimum absolute atomic E-state index is 0.297. The van der Waals surface area contributed by atoms with Crippen molar-refractivity contribution in [2.45, 2.75) is 44.2 Å². The number of carbonyl (C=O) groups excluding carboxylic acids is 2. The molecule has 3 amide bonds. The van der Waals surface area contributed by atoms with Gasteiger partial charge in [0.15, 0.2) is 0 Å². The molecule has 24 heavy (non-hydrogen) atoms. The highest BCUT2D eigenvalue weighted by Gasteiger charge is 2.41. The van der Waals surface area contributed by atoms with Gasteiger partial charge in [0, 0.05) is 7.05 Å². The number of nitrogens with one attached hydrogen (secondary N) is 2. The van der Waals surface area contributed by atoms with E-state index in [1.807, 2.05) is 42.8 Å².